The van der Waals surface area contributed by atoms with Crippen molar-refractivity contribution in [1.29, 1.82) is 10.5 Å². The van der Waals surface area contributed by atoms with E-state index in [0.717, 1.165) is 68.8 Å². The first-order chi connectivity index (χ1) is 11.2. The molecule has 0 bridgehead atoms. The van der Waals surface area contributed by atoms with Gasteiger partial charge in [0.25, 0.3) is 6.71 Å². The molecule has 0 spiro atoms. The van der Waals surface area contributed by atoms with E-state index in [0.29, 0.717) is 0 Å². The minimum absolute atomic E-state index is 0.183. The predicted molar refractivity (Wildman–Crippen MR) is 94.1 cm³/mol. The third kappa shape index (κ3) is 3.60. The van der Waals surface area contributed by atoms with Crippen LogP contribution in [0.15, 0.2) is 18.2 Å². The first-order valence-electron chi connectivity index (χ1n) is 8.33. The molecule has 0 unspecified atom stereocenters. The van der Waals surface area contributed by atoms with Crippen molar-refractivity contribution >= 4 is 18.1 Å². The minimum atomic E-state index is 0.183. The molecule has 0 aromatic heterocycles. The number of hydrogen-bond acceptors (Lipinski definition) is 5. The molecule has 0 atom stereocenters. The Morgan fingerprint density at radius 2 is 1.43 bits per heavy atom. The standard InChI is InChI=1S/C17H22BN5/c1-21-6-8-23(9-7-21)17-11-15(13-19)10-16(12-17)22-4-2-18(14-20)3-5-22/h10-12H,2-9H2,1H3. The lowest BCUT2D eigenvalue weighted by atomic mass is 9.45. The van der Waals surface area contributed by atoms with Crippen LogP contribution < -0.4 is 9.80 Å². The van der Waals surface area contributed by atoms with E-state index in [4.69, 9.17) is 5.26 Å². The van der Waals surface area contributed by atoms with Gasteiger partial charge in [0.15, 0.2) is 0 Å². The molecule has 1 aromatic rings. The number of rotatable bonds is 2. The summed E-state index contributed by atoms with van der Waals surface area (Å²) in [6.07, 6.45) is 1.83. The van der Waals surface area contributed by atoms with E-state index in [1.54, 1.807) is 0 Å². The molecule has 0 saturated carbocycles. The summed E-state index contributed by atoms with van der Waals surface area (Å²) in [4.78, 5) is 7.01. The zero-order chi connectivity index (χ0) is 16.2. The monoisotopic (exact) mass is 307 g/mol. The summed E-state index contributed by atoms with van der Waals surface area (Å²) < 4.78 is 0. The second-order valence-corrected chi connectivity index (χ2v) is 6.53. The Labute approximate surface area is 138 Å². The Balaban J connectivity index is 1.80. The Bertz CT molecular complexity index is 631. The van der Waals surface area contributed by atoms with Crippen LogP contribution in [0.25, 0.3) is 0 Å². The maximum atomic E-state index is 9.37. The third-order valence-corrected chi connectivity index (χ3v) is 4.94. The normalized spacial score (nSPS) is 19.3. The average Bonchev–Trinajstić information content (AvgIpc) is 2.62. The molecule has 2 aliphatic rings. The van der Waals surface area contributed by atoms with E-state index in [9.17, 15) is 5.26 Å². The fourth-order valence-electron chi connectivity index (χ4n) is 3.36. The molecule has 6 heteroatoms. The van der Waals surface area contributed by atoms with Gasteiger partial charge in [0.05, 0.1) is 11.6 Å². The van der Waals surface area contributed by atoms with Crippen molar-refractivity contribution in [1.82, 2.24) is 4.90 Å². The van der Waals surface area contributed by atoms with Crippen molar-refractivity contribution in [3.63, 3.8) is 0 Å². The lowest BCUT2D eigenvalue weighted by Crippen LogP contribution is -2.44. The summed E-state index contributed by atoms with van der Waals surface area (Å²) in [5, 5.41) is 18.4. The molecular weight excluding hydrogens is 285 g/mol. The van der Waals surface area contributed by atoms with Gasteiger partial charge in [-0.25, -0.2) is 5.26 Å². The highest BCUT2D eigenvalue weighted by molar-refractivity contribution is 6.67. The molecule has 23 heavy (non-hydrogen) atoms. The van der Waals surface area contributed by atoms with Crippen LogP contribution >= 0.6 is 0 Å². The quantitative estimate of drug-likeness (QED) is 0.778. The van der Waals surface area contributed by atoms with Crippen LogP contribution in [0.3, 0.4) is 0 Å². The highest BCUT2D eigenvalue weighted by atomic mass is 15.2. The second-order valence-electron chi connectivity index (χ2n) is 6.53. The molecule has 2 heterocycles. The summed E-state index contributed by atoms with van der Waals surface area (Å²) in [5.41, 5.74) is 2.99. The van der Waals surface area contributed by atoms with Crippen molar-refractivity contribution in [3.05, 3.63) is 23.8 Å². The number of likely N-dealkylation sites (N-methyl/N-ethyl adjacent to an activating group) is 1. The molecule has 0 N–H and O–H groups in total. The molecule has 0 aliphatic carbocycles. The van der Waals surface area contributed by atoms with E-state index in [-0.39, 0.29) is 6.71 Å². The van der Waals surface area contributed by atoms with Gasteiger partial charge in [0.2, 0.25) is 0 Å². The van der Waals surface area contributed by atoms with Crippen LogP contribution in [0.1, 0.15) is 5.56 Å². The molecule has 5 nitrogen and oxygen atoms in total. The zero-order valence-electron chi connectivity index (χ0n) is 13.7. The van der Waals surface area contributed by atoms with Gasteiger partial charge in [-0.1, -0.05) is 0 Å². The average molecular weight is 307 g/mol. The Morgan fingerprint density at radius 3 is 1.96 bits per heavy atom. The second kappa shape index (κ2) is 6.94. The van der Waals surface area contributed by atoms with Gasteiger partial charge in [-0.2, -0.15) is 5.26 Å². The number of anilines is 2. The Morgan fingerprint density at radius 1 is 0.870 bits per heavy atom. The number of benzene rings is 1. The molecular formula is C17H22BN5. The molecule has 0 radical (unpaired) electrons. The third-order valence-electron chi connectivity index (χ3n) is 4.94. The van der Waals surface area contributed by atoms with Crippen molar-refractivity contribution in [3.8, 4) is 12.0 Å². The fraction of sp³-hybridized carbons (Fsp3) is 0.529. The zero-order valence-corrected chi connectivity index (χ0v) is 13.7. The summed E-state index contributed by atoms with van der Waals surface area (Å²) >= 11 is 0. The number of nitriles is 2. The smallest absolute Gasteiger partial charge is 0.271 e. The van der Waals surface area contributed by atoms with Gasteiger partial charge >= 0.3 is 0 Å². The molecule has 2 fully saturated rings. The SMILES string of the molecule is CN1CCN(c2cc(C#N)cc(N3CCB(C#N)CC3)c2)CC1. The first-order valence-corrected chi connectivity index (χ1v) is 8.33. The van der Waals surface area contributed by atoms with E-state index in [1.807, 2.05) is 12.1 Å². The summed E-state index contributed by atoms with van der Waals surface area (Å²) in [5.74, 6) is 2.37. The molecule has 118 valence electrons. The Kier molecular flexibility index (Phi) is 4.74. The van der Waals surface area contributed by atoms with E-state index >= 15 is 0 Å². The maximum Gasteiger partial charge on any atom is 0.271 e. The van der Waals surface area contributed by atoms with Gasteiger partial charge in [-0.3, -0.25) is 0 Å². The molecule has 1 aromatic carbocycles. The summed E-state index contributed by atoms with van der Waals surface area (Å²) in [7, 11) is 2.15. The number of piperazine rings is 1. The predicted octanol–water partition coefficient (Wildman–Crippen LogP) is 1.69. The summed E-state index contributed by atoms with van der Waals surface area (Å²) in [6, 6.07) is 8.48. The van der Waals surface area contributed by atoms with E-state index in [1.165, 1.54) is 0 Å². The molecule has 2 saturated heterocycles. The number of hydrogen-bond donors (Lipinski definition) is 0. The van der Waals surface area contributed by atoms with Crippen molar-refractivity contribution in [2.24, 2.45) is 0 Å². The van der Waals surface area contributed by atoms with Crippen molar-refractivity contribution in [2.75, 3.05) is 56.1 Å². The van der Waals surface area contributed by atoms with E-state index < -0.39 is 0 Å². The van der Waals surface area contributed by atoms with Crippen LogP contribution in [0.4, 0.5) is 11.4 Å². The first kappa shape index (κ1) is 15.7. The van der Waals surface area contributed by atoms with Gasteiger partial charge in [-0.05, 0) is 37.9 Å². The van der Waals surface area contributed by atoms with Gasteiger partial charge in [-0.15, -0.1) is 0 Å². The number of nitrogens with zero attached hydrogens (tertiary/aromatic N) is 5. The summed E-state index contributed by atoms with van der Waals surface area (Å²) in [6.45, 7) is 6.09. The van der Waals surface area contributed by atoms with Gasteiger partial charge in [0, 0.05) is 56.6 Å². The minimum Gasteiger partial charge on any atom is -0.373 e. The topological polar surface area (TPSA) is 57.3 Å². The van der Waals surface area contributed by atoms with Crippen molar-refractivity contribution < 1.29 is 0 Å². The van der Waals surface area contributed by atoms with Crippen molar-refractivity contribution in [2.45, 2.75) is 12.6 Å². The van der Waals surface area contributed by atoms with Gasteiger partial charge in [0.1, 0.15) is 0 Å². The highest BCUT2D eigenvalue weighted by Gasteiger charge is 2.24. The fourth-order valence-corrected chi connectivity index (χ4v) is 3.36. The molecule has 0 amide bonds. The highest BCUT2D eigenvalue weighted by Crippen LogP contribution is 2.28. The van der Waals surface area contributed by atoms with E-state index in [2.05, 4.69) is 39.9 Å². The lowest BCUT2D eigenvalue weighted by molar-refractivity contribution is 0.313. The van der Waals surface area contributed by atoms with Crippen LogP contribution in [0.5, 0.6) is 0 Å². The lowest BCUT2D eigenvalue weighted by Gasteiger charge is -2.35. The molecule has 2 aliphatic heterocycles. The van der Waals surface area contributed by atoms with Crippen LogP contribution in [0, 0.1) is 22.6 Å². The van der Waals surface area contributed by atoms with Crippen LogP contribution in [-0.4, -0.2) is 57.9 Å². The van der Waals surface area contributed by atoms with Crippen LogP contribution in [0.2, 0.25) is 12.6 Å². The maximum absolute atomic E-state index is 9.37. The van der Waals surface area contributed by atoms with Gasteiger partial charge < -0.3 is 14.7 Å². The van der Waals surface area contributed by atoms with Crippen LogP contribution in [-0.2, 0) is 0 Å². The molecule has 3 rings (SSSR count). The Hall–Kier alpha value is -2.18. The largest absolute Gasteiger partial charge is 0.373 e.